The molecule has 5 heterocycles. The Bertz CT molecular complexity index is 2110. The van der Waals surface area contributed by atoms with Crippen molar-refractivity contribution in [3.63, 3.8) is 0 Å². The molecule has 7 rings (SSSR count). The molecule has 8 nitrogen and oxygen atoms in total. The highest BCUT2D eigenvalue weighted by atomic mass is 28.3. The lowest BCUT2D eigenvalue weighted by atomic mass is 9.95. The highest BCUT2D eigenvalue weighted by molar-refractivity contribution is 6.90. The summed E-state index contributed by atoms with van der Waals surface area (Å²) in [6.45, 7) is 16.2. The van der Waals surface area contributed by atoms with E-state index in [0.29, 0.717) is 62.9 Å². The van der Waals surface area contributed by atoms with Crippen molar-refractivity contribution >= 4 is 35.6 Å². The molecule has 0 saturated carbocycles. The summed E-state index contributed by atoms with van der Waals surface area (Å²) in [6, 6.07) is 6.60. The van der Waals surface area contributed by atoms with Crippen molar-refractivity contribution in [1.82, 2.24) is 19.9 Å². The van der Waals surface area contributed by atoms with Crippen LogP contribution in [-0.4, -0.2) is 86.3 Å². The number of pyridine rings is 1. The number of hydrogen-bond acceptors (Lipinski definition) is 8. The van der Waals surface area contributed by atoms with E-state index in [4.69, 9.17) is 29.2 Å². The van der Waals surface area contributed by atoms with Gasteiger partial charge in [-0.1, -0.05) is 66.4 Å². The van der Waals surface area contributed by atoms with Crippen LogP contribution in [0.15, 0.2) is 30.5 Å². The second kappa shape index (κ2) is 16.5. The maximum absolute atomic E-state index is 17.5. The normalized spacial score (nSPS) is 20.6. The Labute approximate surface area is 330 Å². The number of fused-ring (bicyclic) bond motifs is 3. The Morgan fingerprint density at radius 1 is 0.929 bits per heavy atom. The standard InChI is InChI=1S/C44H56F3N5O3Si/c1-28(2)56(29(3)4,30(5)6)20-15-34-37(46)14-13-31-21-33(55-27-53-7)22-35(38(31)34)40-39(47)41-36(24-48-40)42(51-17-10-8-9-11-18-51)50-43(49-41)54-26-44-16-12-19-52(44)25-32(45)23-44/h13-14,21-22,24,28-30,32H,8-12,16-19,23,25-27H2,1-7H3/t32-,44+/m1/s1. The number of benzene rings is 2. The van der Waals surface area contributed by atoms with Gasteiger partial charge in [-0.05, 0) is 72.4 Å². The Morgan fingerprint density at radius 2 is 1.66 bits per heavy atom. The zero-order chi connectivity index (χ0) is 39.8. The fraction of sp³-hybridized carbons (Fsp3) is 0.568. The highest BCUT2D eigenvalue weighted by Crippen LogP contribution is 2.44. The first-order valence-corrected chi connectivity index (χ1v) is 22.7. The van der Waals surface area contributed by atoms with E-state index < -0.39 is 31.4 Å². The van der Waals surface area contributed by atoms with E-state index in [2.05, 4.69) is 62.8 Å². The molecule has 0 amide bonds. The number of methoxy groups -OCH3 is 1. The second-order valence-electron chi connectivity index (χ2n) is 17.0. The average molecular weight is 788 g/mol. The SMILES string of the molecule is COCOc1cc(-c2ncc3c(N4CCCCCC4)nc(OC[C@@]45CCCN4C[C@H](F)C5)nc3c2F)c2c(C#C[Si](C(C)C)(C(C)C)C(C)C)c(F)ccc2c1. The maximum Gasteiger partial charge on any atom is 0.319 e. The van der Waals surface area contributed by atoms with Gasteiger partial charge in [0.1, 0.15) is 49.4 Å². The van der Waals surface area contributed by atoms with Crippen molar-refractivity contribution in [2.75, 3.05) is 51.6 Å². The predicted octanol–water partition coefficient (Wildman–Crippen LogP) is 10.0. The second-order valence-corrected chi connectivity index (χ2v) is 22.5. The zero-order valence-corrected chi connectivity index (χ0v) is 35.0. The van der Waals surface area contributed by atoms with Crippen LogP contribution in [0.3, 0.4) is 0 Å². The van der Waals surface area contributed by atoms with Crippen LogP contribution in [0.5, 0.6) is 11.8 Å². The van der Waals surface area contributed by atoms with Gasteiger partial charge < -0.3 is 19.1 Å². The van der Waals surface area contributed by atoms with E-state index in [1.165, 1.54) is 13.2 Å². The number of halogens is 3. The predicted molar refractivity (Wildman–Crippen MR) is 220 cm³/mol. The lowest BCUT2D eigenvalue weighted by Crippen LogP contribution is -2.43. The van der Waals surface area contributed by atoms with E-state index in [9.17, 15) is 4.39 Å². The van der Waals surface area contributed by atoms with Crippen molar-refractivity contribution in [3.8, 4) is 34.5 Å². The fourth-order valence-electron chi connectivity index (χ4n) is 9.98. The van der Waals surface area contributed by atoms with Crippen LogP contribution in [0.25, 0.3) is 32.9 Å². The molecule has 3 aliphatic rings. The van der Waals surface area contributed by atoms with Gasteiger partial charge in [0.2, 0.25) is 0 Å². The topological polar surface area (TPSA) is 72.8 Å². The van der Waals surface area contributed by atoms with Crippen LogP contribution in [0, 0.1) is 23.1 Å². The largest absolute Gasteiger partial charge is 0.468 e. The maximum atomic E-state index is 17.5. The van der Waals surface area contributed by atoms with Crippen molar-refractivity contribution in [2.45, 2.75) is 115 Å². The van der Waals surface area contributed by atoms with Crippen LogP contribution in [0.1, 0.15) is 92.1 Å². The molecule has 2 aromatic carbocycles. The summed E-state index contributed by atoms with van der Waals surface area (Å²) in [5.74, 6) is 3.15. The van der Waals surface area contributed by atoms with E-state index in [0.717, 1.165) is 58.2 Å². The monoisotopic (exact) mass is 787 g/mol. The van der Waals surface area contributed by atoms with E-state index in [1.54, 1.807) is 24.4 Å². The van der Waals surface area contributed by atoms with Gasteiger partial charge in [0.05, 0.1) is 16.5 Å². The van der Waals surface area contributed by atoms with Crippen molar-refractivity contribution in [1.29, 1.82) is 0 Å². The van der Waals surface area contributed by atoms with Crippen LogP contribution in [0.4, 0.5) is 19.0 Å². The van der Waals surface area contributed by atoms with Crippen LogP contribution in [-0.2, 0) is 4.74 Å². The molecule has 12 heteroatoms. The van der Waals surface area contributed by atoms with Crippen LogP contribution >= 0.6 is 0 Å². The van der Waals surface area contributed by atoms with Gasteiger partial charge in [0, 0.05) is 50.3 Å². The minimum Gasteiger partial charge on any atom is -0.468 e. The van der Waals surface area contributed by atoms with Gasteiger partial charge in [-0.2, -0.15) is 9.97 Å². The van der Waals surface area contributed by atoms with Gasteiger partial charge in [-0.25, -0.2) is 13.2 Å². The third kappa shape index (κ3) is 7.47. The molecule has 2 aromatic heterocycles. The van der Waals surface area contributed by atoms with Gasteiger partial charge in [0.15, 0.2) is 12.6 Å². The molecule has 3 fully saturated rings. The number of alkyl halides is 1. The van der Waals surface area contributed by atoms with Crippen molar-refractivity contribution in [3.05, 3.63) is 47.7 Å². The number of nitrogens with zero attached hydrogens (tertiary/aromatic N) is 5. The summed E-state index contributed by atoms with van der Waals surface area (Å²) in [7, 11) is -0.749. The summed E-state index contributed by atoms with van der Waals surface area (Å²) < 4.78 is 65.9. The quantitative estimate of drug-likeness (QED) is 0.0846. The minimum atomic E-state index is -2.27. The fourth-order valence-corrected chi connectivity index (χ4v) is 15.2. The number of ether oxygens (including phenoxy) is 3. The molecular formula is C44H56F3N5O3Si. The van der Waals surface area contributed by atoms with Gasteiger partial charge in [0.25, 0.3) is 0 Å². The van der Waals surface area contributed by atoms with Crippen molar-refractivity contribution in [2.24, 2.45) is 0 Å². The van der Waals surface area contributed by atoms with Gasteiger partial charge in [-0.15, -0.1) is 5.54 Å². The molecule has 0 unspecified atom stereocenters. The molecule has 0 bridgehead atoms. The van der Waals surface area contributed by atoms with E-state index in [-0.39, 0.29) is 36.2 Å². The smallest absolute Gasteiger partial charge is 0.319 e. The Kier molecular flexibility index (Phi) is 11.9. The summed E-state index contributed by atoms with van der Waals surface area (Å²) in [6.07, 6.45) is 7.08. The number of aromatic nitrogens is 3. The first-order chi connectivity index (χ1) is 26.9. The molecule has 3 aliphatic heterocycles. The number of rotatable bonds is 11. The first-order valence-electron chi connectivity index (χ1n) is 20.4. The summed E-state index contributed by atoms with van der Waals surface area (Å²) >= 11 is 0. The highest BCUT2D eigenvalue weighted by Gasteiger charge is 2.49. The number of hydrogen-bond donors (Lipinski definition) is 0. The molecular weight excluding hydrogens is 732 g/mol. The Balaban J connectivity index is 1.42. The molecule has 300 valence electrons. The minimum absolute atomic E-state index is 0.0119. The Hall–Kier alpha value is -3.92. The zero-order valence-electron chi connectivity index (χ0n) is 34.0. The molecule has 2 atom stereocenters. The van der Waals surface area contributed by atoms with Gasteiger partial charge in [-0.3, -0.25) is 9.88 Å². The summed E-state index contributed by atoms with van der Waals surface area (Å²) in [5, 5.41) is 1.55. The first kappa shape index (κ1) is 40.3. The molecule has 3 saturated heterocycles. The van der Waals surface area contributed by atoms with E-state index in [1.807, 2.05) is 0 Å². The lowest BCUT2D eigenvalue weighted by Gasteiger charge is -2.38. The summed E-state index contributed by atoms with van der Waals surface area (Å²) in [5.41, 5.74) is 4.83. The lowest BCUT2D eigenvalue weighted by molar-refractivity contribution is 0.0512. The van der Waals surface area contributed by atoms with Crippen molar-refractivity contribution < 1.29 is 27.4 Å². The molecule has 0 radical (unpaired) electrons. The molecule has 4 aromatic rings. The van der Waals surface area contributed by atoms with Gasteiger partial charge >= 0.3 is 6.01 Å². The van der Waals surface area contributed by atoms with Crippen LogP contribution < -0.4 is 14.4 Å². The molecule has 0 N–H and O–H groups in total. The molecule has 56 heavy (non-hydrogen) atoms. The molecule has 0 spiro atoms. The van der Waals surface area contributed by atoms with E-state index >= 15 is 8.78 Å². The van der Waals surface area contributed by atoms with Crippen LogP contribution in [0.2, 0.25) is 16.6 Å². The third-order valence-electron chi connectivity index (χ3n) is 12.7. The Morgan fingerprint density at radius 3 is 2.36 bits per heavy atom. The molecule has 0 aliphatic carbocycles. The average Bonchev–Trinajstić information content (AvgIpc) is 3.55. The summed E-state index contributed by atoms with van der Waals surface area (Å²) in [4.78, 5) is 18.7. The third-order valence-corrected chi connectivity index (χ3v) is 19.0. The number of anilines is 1.